The van der Waals surface area contributed by atoms with Crippen LogP contribution in [0.4, 0.5) is 5.69 Å². The standard InChI is InChI=1S/C17H23Br2N/c18-13-14-12-15(19)4-5-16(14)20-10-8-17(9-11-20)6-2-1-3-7-17/h4-5,12H,1-3,6-11,13H2. The molecule has 1 saturated heterocycles. The zero-order valence-corrected chi connectivity index (χ0v) is 15.2. The third-order valence-corrected chi connectivity index (χ3v) is 6.36. The summed E-state index contributed by atoms with van der Waals surface area (Å²) in [6.45, 7) is 2.48. The van der Waals surface area contributed by atoms with Gasteiger partial charge in [0.15, 0.2) is 0 Å². The minimum absolute atomic E-state index is 0.693. The van der Waals surface area contributed by atoms with E-state index < -0.39 is 0 Å². The highest BCUT2D eigenvalue weighted by Gasteiger charge is 2.35. The largest absolute Gasteiger partial charge is 0.371 e. The van der Waals surface area contributed by atoms with E-state index in [1.807, 2.05) is 0 Å². The number of alkyl halides is 1. The van der Waals surface area contributed by atoms with Gasteiger partial charge in [0, 0.05) is 28.6 Å². The third kappa shape index (κ3) is 3.09. The fourth-order valence-corrected chi connectivity index (χ4v) is 4.85. The van der Waals surface area contributed by atoms with Crippen LogP contribution in [0.25, 0.3) is 0 Å². The molecule has 2 aliphatic rings. The van der Waals surface area contributed by atoms with Crippen molar-refractivity contribution in [1.82, 2.24) is 0 Å². The molecule has 0 atom stereocenters. The fraction of sp³-hybridized carbons (Fsp3) is 0.647. The number of anilines is 1. The molecule has 1 saturated carbocycles. The van der Waals surface area contributed by atoms with Crippen molar-refractivity contribution in [3.8, 4) is 0 Å². The summed E-state index contributed by atoms with van der Waals surface area (Å²) < 4.78 is 1.18. The zero-order chi connectivity index (χ0) is 14.0. The molecule has 2 fully saturated rings. The Balaban J connectivity index is 1.71. The van der Waals surface area contributed by atoms with Crippen LogP contribution in [0, 0.1) is 5.41 Å². The van der Waals surface area contributed by atoms with Crippen LogP contribution >= 0.6 is 31.9 Å². The summed E-state index contributed by atoms with van der Waals surface area (Å²) in [4.78, 5) is 2.60. The van der Waals surface area contributed by atoms with Gasteiger partial charge in [0.05, 0.1) is 0 Å². The first-order chi connectivity index (χ1) is 9.72. The fourth-order valence-electron chi connectivity index (χ4n) is 3.99. The van der Waals surface area contributed by atoms with Crippen molar-refractivity contribution in [2.45, 2.75) is 50.3 Å². The Hall–Kier alpha value is -0.0200. The molecular weight excluding hydrogens is 378 g/mol. The van der Waals surface area contributed by atoms with Crippen LogP contribution in [-0.2, 0) is 5.33 Å². The molecule has 1 aliphatic heterocycles. The molecule has 0 N–H and O–H groups in total. The highest BCUT2D eigenvalue weighted by atomic mass is 79.9. The van der Waals surface area contributed by atoms with Gasteiger partial charge in [-0.2, -0.15) is 0 Å². The van der Waals surface area contributed by atoms with Gasteiger partial charge in [-0.05, 0) is 54.9 Å². The lowest BCUT2D eigenvalue weighted by atomic mass is 9.68. The van der Waals surface area contributed by atoms with Crippen LogP contribution in [-0.4, -0.2) is 13.1 Å². The van der Waals surface area contributed by atoms with Gasteiger partial charge in [-0.1, -0.05) is 51.1 Å². The van der Waals surface area contributed by atoms with Crippen molar-refractivity contribution in [3.63, 3.8) is 0 Å². The van der Waals surface area contributed by atoms with E-state index in [1.165, 1.54) is 73.8 Å². The van der Waals surface area contributed by atoms with Crippen LogP contribution in [0.3, 0.4) is 0 Å². The highest BCUT2D eigenvalue weighted by molar-refractivity contribution is 9.10. The molecule has 0 aromatic heterocycles. The second-order valence-electron chi connectivity index (χ2n) is 6.45. The van der Waals surface area contributed by atoms with Crippen molar-refractivity contribution in [3.05, 3.63) is 28.2 Å². The van der Waals surface area contributed by atoms with Crippen LogP contribution < -0.4 is 4.90 Å². The Labute approximate surface area is 139 Å². The van der Waals surface area contributed by atoms with Gasteiger partial charge >= 0.3 is 0 Å². The molecule has 1 heterocycles. The number of piperidine rings is 1. The number of rotatable bonds is 2. The molecule has 0 bridgehead atoms. The molecule has 1 aliphatic carbocycles. The Bertz CT molecular complexity index is 456. The van der Waals surface area contributed by atoms with Crippen LogP contribution in [0.1, 0.15) is 50.5 Å². The summed E-state index contributed by atoms with van der Waals surface area (Å²) in [5, 5.41) is 0.934. The molecule has 3 heteroatoms. The topological polar surface area (TPSA) is 3.24 Å². The monoisotopic (exact) mass is 399 g/mol. The number of hydrogen-bond acceptors (Lipinski definition) is 1. The van der Waals surface area contributed by atoms with Crippen molar-refractivity contribution < 1.29 is 0 Å². The van der Waals surface area contributed by atoms with Crippen molar-refractivity contribution in [2.24, 2.45) is 5.41 Å². The molecule has 0 amide bonds. The Morgan fingerprint density at radius 3 is 2.35 bits per heavy atom. The lowest BCUT2D eigenvalue weighted by Gasteiger charge is -2.45. The normalized spacial score (nSPS) is 22.2. The number of hydrogen-bond donors (Lipinski definition) is 0. The lowest BCUT2D eigenvalue weighted by molar-refractivity contribution is 0.144. The molecule has 1 spiro atoms. The van der Waals surface area contributed by atoms with Crippen molar-refractivity contribution in [1.29, 1.82) is 0 Å². The summed E-state index contributed by atoms with van der Waals surface area (Å²) >= 11 is 7.21. The molecule has 1 nitrogen and oxygen atoms in total. The zero-order valence-electron chi connectivity index (χ0n) is 12.0. The number of halogens is 2. The summed E-state index contributed by atoms with van der Waals surface area (Å²) in [7, 11) is 0. The summed E-state index contributed by atoms with van der Waals surface area (Å²) in [5.74, 6) is 0. The quantitative estimate of drug-likeness (QED) is 0.559. The van der Waals surface area contributed by atoms with Gasteiger partial charge in [0.1, 0.15) is 0 Å². The smallest absolute Gasteiger partial charge is 0.0408 e. The van der Waals surface area contributed by atoms with E-state index in [2.05, 4.69) is 55.0 Å². The van der Waals surface area contributed by atoms with Gasteiger partial charge in [-0.3, -0.25) is 0 Å². The van der Waals surface area contributed by atoms with E-state index in [4.69, 9.17) is 0 Å². The maximum atomic E-state index is 3.63. The van der Waals surface area contributed by atoms with E-state index in [-0.39, 0.29) is 0 Å². The first-order valence-corrected chi connectivity index (χ1v) is 9.73. The molecule has 1 aromatic rings. The van der Waals surface area contributed by atoms with Gasteiger partial charge in [-0.25, -0.2) is 0 Å². The average Bonchev–Trinajstić information content (AvgIpc) is 2.49. The van der Waals surface area contributed by atoms with Gasteiger partial charge < -0.3 is 4.90 Å². The Morgan fingerprint density at radius 1 is 1.00 bits per heavy atom. The maximum absolute atomic E-state index is 3.63. The SMILES string of the molecule is BrCc1cc(Br)ccc1N1CCC2(CCCCC2)CC1. The Morgan fingerprint density at radius 2 is 1.70 bits per heavy atom. The number of nitrogens with zero attached hydrogens (tertiary/aromatic N) is 1. The average molecular weight is 401 g/mol. The van der Waals surface area contributed by atoms with E-state index in [0.717, 1.165) is 5.33 Å². The predicted octanol–water partition coefficient (Wildman–Crippen LogP) is 5.89. The first-order valence-electron chi connectivity index (χ1n) is 7.82. The van der Waals surface area contributed by atoms with E-state index in [9.17, 15) is 0 Å². The maximum Gasteiger partial charge on any atom is 0.0408 e. The summed E-state index contributed by atoms with van der Waals surface area (Å²) in [6, 6.07) is 6.70. The first kappa shape index (κ1) is 14.9. The van der Waals surface area contributed by atoms with Crippen LogP contribution in [0.15, 0.2) is 22.7 Å². The lowest BCUT2D eigenvalue weighted by Crippen LogP contribution is -2.41. The van der Waals surface area contributed by atoms with Crippen molar-refractivity contribution >= 4 is 37.5 Å². The van der Waals surface area contributed by atoms with Gasteiger partial charge in [-0.15, -0.1) is 0 Å². The minimum Gasteiger partial charge on any atom is -0.371 e. The highest BCUT2D eigenvalue weighted by Crippen LogP contribution is 2.45. The second kappa shape index (κ2) is 6.39. The van der Waals surface area contributed by atoms with Gasteiger partial charge in [0.25, 0.3) is 0 Å². The molecule has 1 aromatic carbocycles. The number of benzene rings is 1. The van der Waals surface area contributed by atoms with Crippen LogP contribution in [0.2, 0.25) is 0 Å². The van der Waals surface area contributed by atoms with E-state index >= 15 is 0 Å². The van der Waals surface area contributed by atoms with Crippen LogP contribution in [0.5, 0.6) is 0 Å². The molecule has 0 unspecified atom stereocenters. The Kier molecular flexibility index (Phi) is 4.76. The molecule has 20 heavy (non-hydrogen) atoms. The predicted molar refractivity (Wildman–Crippen MR) is 93.7 cm³/mol. The molecular formula is C17H23Br2N. The van der Waals surface area contributed by atoms with Crippen molar-refractivity contribution in [2.75, 3.05) is 18.0 Å². The van der Waals surface area contributed by atoms with Gasteiger partial charge in [0.2, 0.25) is 0 Å². The molecule has 3 rings (SSSR count). The summed E-state index contributed by atoms with van der Waals surface area (Å²) in [5.41, 5.74) is 3.52. The molecule has 110 valence electrons. The minimum atomic E-state index is 0.693. The summed E-state index contributed by atoms with van der Waals surface area (Å²) in [6.07, 6.45) is 10.1. The second-order valence-corrected chi connectivity index (χ2v) is 7.93. The third-order valence-electron chi connectivity index (χ3n) is 5.26. The van der Waals surface area contributed by atoms with E-state index in [0.29, 0.717) is 5.41 Å². The molecule has 0 radical (unpaired) electrons. The van der Waals surface area contributed by atoms with E-state index in [1.54, 1.807) is 0 Å².